The lowest BCUT2D eigenvalue weighted by Crippen LogP contribution is -2.45. The molecule has 0 radical (unpaired) electrons. The van der Waals surface area contributed by atoms with Gasteiger partial charge in [0, 0.05) is 37.3 Å². The number of fused-ring (bicyclic) bond motifs is 3. The van der Waals surface area contributed by atoms with Gasteiger partial charge >= 0.3 is 6.03 Å². The Kier molecular flexibility index (Phi) is 6.50. The number of carbonyl (C=O) groups excluding carboxylic acids is 2. The van der Waals surface area contributed by atoms with E-state index in [1.807, 2.05) is 6.92 Å². The number of benzene rings is 1. The second-order valence-electron chi connectivity index (χ2n) is 8.52. The summed E-state index contributed by atoms with van der Waals surface area (Å²) in [5, 5.41) is 17.3. The number of nitrogens with one attached hydrogen (secondary N) is 2. The molecule has 12 nitrogen and oxygen atoms in total. The first-order valence-corrected chi connectivity index (χ1v) is 12.6. The van der Waals surface area contributed by atoms with Crippen LogP contribution in [0.1, 0.15) is 34.2 Å². The molecule has 2 atom stereocenters. The standard InChI is InChI=1S/C21H24FN7O5S/c1-12-6-18-16(11-28(12)21(31)25-14-4-5-17(22)13(7-14)8-23)19-20(30)27(2)34-15(10-29(19)26-18)9-24-35(3,32)33/h4-5,7,12,15,24H,6,9-11H2,1-3H3,(H,25,31). The van der Waals surface area contributed by atoms with E-state index in [4.69, 9.17) is 10.1 Å². The molecule has 14 heteroatoms. The van der Waals surface area contributed by atoms with Crippen molar-refractivity contribution in [2.24, 2.45) is 0 Å². The van der Waals surface area contributed by atoms with Gasteiger partial charge in [-0.15, -0.1) is 0 Å². The van der Waals surface area contributed by atoms with Crippen LogP contribution in [-0.2, 0) is 34.4 Å². The van der Waals surface area contributed by atoms with Crippen molar-refractivity contribution < 1.29 is 27.2 Å². The zero-order valence-electron chi connectivity index (χ0n) is 19.3. The van der Waals surface area contributed by atoms with Crippen LogP contribution in [0.4, 0.5) is 14.9 Å². The predicted molar refractivity (Wildman–Crippen MR) is 121 cm³/mol. The maximum atomic E-state index is 13.6. The highest BCUT2D eigenvalue weighted by Crippen LogP contribution is 2.29. The zero-order valence-corrected chi connectivity index (χ0v) is 20.1. The van der Waals surface area contributed by atoms with Crippen molar-refractivity contribution in [1.29, 1.82) is 5.26 Å². The molecule has 0 spiro atoms. The minimum Gasteiger partial charge on any atom is -0.317 e. The number of carbonyl (C=O) groups is 2. The minimum atomic E-state index is -3.46. The number of rotatable bonds is 4. The monoisotopic (exact) mass is 505 g/mol. The van der Waals surface area contributed by atoms with E-state index in [9.17, 15) is 22.4 Å². The molecule has 1 aromatic heterocycles. The molecule has 2 N–H and O–H groups in total. The van der Waals surface area contributed by atoms with Crippen LogP contribution in [0.2, 0.25) is 0 Å². The van der Waals surface area contributed by atoms with E-state index >= 15 is 0 Å². The number of hydroxylamine groups is 2. The molecule has 1 aromatic carbocycles. The summed E-state index contributed by atoms with van der Waals surface area (Å²) in [6.07, 6.45) is 0.746. The quantitative estimate of drug-likeness (QED) is 0.624. The van der Waals surface area contributed by atoms with Crippen molar-refractivity contribution in [3.63, 3.8) is 0 Å². The van der Waals surface area contributed by atoms with Gasteiger partial charge in [0.05, 0.1) is 30.6 Å². The fraction of sp³-hybridized carbons (Fsp3) is 0.429. The van der Waals surface area contributed by atoms with Crippen molar-refractivity contribution in [2.45, 2.75) is 38.6 Å². The summed E-state index contributed by atoms with van der Waals surface area (Å²) in [5.41, 5.74) is 1.59. The number of nitriles is 1. The van der Waals surface area contributed by atoms with Crippen LogP contribution >= 0.6 is 0 Å². The van der Waals surface area contributed by atoms with Gasteiger partial charge in [0.15, 0.2) is 0 Å². The van der Waals surface area contributed by atoms with Crippen LogP contribution in [0, 0.1) is 17.1 Å². The molecule has 0 aliphatic carbocycles. The van der Waals surface area contributed by atoms with Crippen molar-refractivity contribution >= 4 is 27.6 Å². The van der Waals surface area contributed by atoms with Crippen LogP contribution < -0.4 is 10.0 Å². The van der Waals surface area contributed by atoms with Gasteiger partial charge in [-0.2, -0.15) is 10.4 Å². The molecule has 3 heterocycles. The third kappa shape index (κ3) is 5.11. The summed E-state index contributed by atoms with van der Waals surface area (Å²) in [5.74, 6) is -1.15. The van der Waals surface area contributed by atoms with Gasteiger partial charge < -0.3 is 10.2 Å². The Bertz CT molecular complexity index is 1340. The Morgan fingerprint density at radius 1 is 1.40 bits per heavy atom. The summed E-state index contributed by atoms with van der Waals surface area (Å²) in [6.45, 7) is 2.02. The van der Waals surface area contributed by atoms with Crippen LogP contribution in [0.25, 0.3) is 0 Å². The number of hydrogen-bond donors (Lipinski definition) is 2. The molecule has 2 aliphatic rings. The largest absolute Gasteiger partial charge is 0.322 e. The molecule has 2 aromatic rings. The second kappa shape index (κ2) is 9.25. The maximum Gasteiger partial charge on any atom is 0.322 e. The molecule has 4 rings (SSSR count). The first-order valence-electron chi connectivity index (χ1n) is 10.7. The lowest BCUT2D eigenvalue weighted by atomic mass is 9.99. The molecule has 0 saturated carbocycles. The average Bonchev–Trinajstić information content (AvgIpc) is 3.07. The Morgan fingerprint density at radius 3 is 2.83 bits per heavy atom. The number of halogens is 1. The fourth-order valence-electron chi connectivity index (χ4n) is 4.12. The number of urea groups is 1. The van der Waals surface area contributed by atoms with E-state index < -0.39 is 33.9 Å². The molecule has 186 valence electrons. The number of hydrogen-bond acceptors (Lipinski definition) is 7. The van der Waals surface area contributed by atoms with Crippen LogP contribution in [-0.4, -0.2) is 72.1 Å². The lowest BCUT2D eigenvalue weighted by Gasteiger charge is -2.33. The molecule has 0 saturated heterocycles. The van der Waals surface area contributed by atoms with Gasteiger partial charge in [0.25, 0.3) is 5.91 Å². The number of sulfonamides is 1. The molecule has 0 fully saturated rings. The molecule has 2 aliphatic heterocycles. The topological polar surface area (TPSA) is 150 Å². The van der Waals surface area contributed by atoms with Gasteiger partial charge in [0.2, 0.25) is 10.0 Å². The molecule has 3 amide bonds. The first-order chi connectivity index (χ1) is 16.5. The number of nitrogens with zero attached hydrogens (tertiary/aromatic N) is 5. The lowest BCUT2D eigenvalue weighted by molar-refractivity contribution is -0.145. The summed E-state index contributed by atoms with van der Waals surface area (Å²) in [6, 6.07) is 4.72. The van der Waals surface area contributed by atoms with Crippen LogP contribution in [0.15, 0.2) is 18.2 Å². The average molecular weight is 506 g/mol. The van der Waals surface area contributed by atoms with Crippen molar-refractivity contribution in [1.82, 2.24) is 24.5 Å². The highest BCUT2D eigenvalue weighted by Gasteiger charge is 2.37. The van der Waals surface area contributed by atoms with E-state index in [1.54, 1.807) is 6.07 Å². The van der Waals surface area contributed by atoms with E-state index in [-0.39, 0.29) is 42.6 Å². The number of amides is 3. The normalized spacial score (nSPS) is 20.0. The summed E-state index contributed by atoms with van der Waals surface area (Å²) in [7, 11) is -2.02. The number of aromatic nitrogens is 2. The Morgan fingerprint density at radius 2 is 2.14 bits per heavy atom. The Labute approximate surface area is 201 Å². The van der Waals surface area contributed by atoms with E-state index in [1.165, 1.54) is 28.8 Å². The third-order valence-corrected chi connectivity index (χ3v) is 6.52. The zero-order chi connectivity index (χ0) is 25.5. The third-order valence-electron chi connectivity index (χ3n) is 5.83. The van der Waals surface area contributed by atoms with E-state index in [0.717, 1.165) is 17.4 Å². The molecule has 2 unspecified atom stereocenters. The highest BCUT2D eigenvalue weighted by molar-refractivity contribution is 7.88. The van der Waals surface area contributed by atoms with Crippen molar-refractivity contribution in [3.8, 4) is 6.07 Å². The smallest absolute Gasteiger partial charge is 0.317 e. The molecular weight excluding hydrogens is 481 g/mol. The fourth-order valence-corrected chi connectivity index (χ4v) is 4.60. The summed E-state index contributed by atoms with van der Waals surface area (Å²) >= 11 is 0. The molecular formula is C21H24FN7O5S. The van der Waals surface area contributed by atoms with Gasteiger partial charge in [-0.1, -0.05) is 0 Å². The SMILES string of the molecule is CC1Cc2nn3c(c2CN1C(=O)Nc1ccc(F)c(C#N)c1)C(=O)N(C)OC(CNS(C)(=O)=O)C3. The number of anilines is 1. The minimum absolute atomic E-state index is 0.0479. The Hall–Kier alpha value is -3.54. The first kappa shape index (κ1) is 24.6. The van der Waals surface area contributed by atoms with Gasteiger partial charge in [0.1, 0.15) is 23.7 Å². The molecule has 35 heavy (non-hydrogen) atoms. The van der Waals surface area contributed by atoms with Crippen molar-refractivity contribution in [3.05, 3.63) is 46.5 Å². The predicted octanol–water partition coefficient (Wildman–Crippen LogP) is 0.808. The van der Waals surface area contributed by atoms with Gasteiger partial charge in [-0.25, -0.2) is 27.4 Å². The second-order valence-corrected chi connectivity index (χ2v) is 10.4. The van der Waals surface area contributed by atoms with Crippen molar-refractivity contribution in [2.75, 3.05) is 25.2 Å². The highest BCUT2D eigenvalue weighted by atomic mass is 32.2. The van der Waals surface area contributed by atoms with Gasteiger partial charge in [-0.3, -0.25) is 14.3 Å². The van der Waals surface area contributed by atoms with Gasteiger partial charge in [-0.05, 0) is 25.1 Å². The summed E-state index contributed by atoms with van der Waals surface area (Å²) < 4.78 is 40.5. The Balaban J connectivity index is 1.58. The van der Waals surface area contributed by atoms with E-state index in [0.29, 0.717) is 17.7 Å². The molecule has 0 bridgehead atoms. The van der Waals surface area contributed by atoms with Crippen LogP contribution in [0.5, 0.6) is 0 Å². The van der Waals surface area contributed by atoms with Crippen LogP contribution in [0.3, 0.4) is 0 Å². The maximum absolute atomic E-state index is 13.6. The van der Waals surface area contributed by atoms with E-state index in [2.05, 4.69) is 15.1 Å². The summed E-state index contributed by atoms with van der Waals surface area (Å²) in [4.78, 5) is 33.2.